The zero-order valence-electron chi connectivity index (χ0n) is 20.0. The van der Waals surface area contributed by atoms with E-state index in [1.807, 2.05) is 16.8 Å². The van der Waals surface area contributed by atoms with E-state index in [2.05, 4.69) is 51.9 Å². The molecule has 1 atom stereocenters. The molecule has 2 N–H and O–H groups in total. The van der Waals surface area contributed by atoms with Crippen LogP contribution in [-0.2, 0) is 4.74 Å². The van der Waals surface area contributed by atoms with E-state index in [4.69, 9.17) is 19.9 Å². The number of rotatable bonds is 4. The van der Waals surface area contributed by atoms with Crippen LogP contribution in [0.4, 0.5) is 5.82 Å². The first kappa shape index (κ1) is 21.3. The minimum atomic E-state index is 0.245. The highest BCUT2D eigenvalue weighted by molar-refractivity contribution is 5.80. The van der Waals surface area contributed by atoms with Crippen LogP contribution in [0.2, 0.25) is 0 Å². The van der Waals surface area contributed by atoms with Crippen LogP contribution in [0, 0.1) is 13.8 Å². The van der Waals surface area contributed by atoms with E-state index in [1.165, 1.54) is 5.69 Å². The maximum atomic E-state index is 5.69. The Hall–Kier alpha value is -3.24. The minimum Gasteiger partial charge on any atom is -0.377 e. The lowest BCUT2D eigenvalue weighted by Crippen LogP contribution is -2.44. The Morgan fingerprint density at radius 1 is 1.18 bits per heavy atom. The summed E-state index contributed by atoms with van der Waals surface area (Å²) in [6.45, 7) is 10.7. The maximum absolute atomic E-state index is 5.69. The SMILES string of the molecule is Cc1nn(C2CCNCC2)c(C)c1-c1cc(N2CCOC[C@H]2C)nc2c(-c3ccn[nH]3)cnn12. The van der Waals surface area contributed by atoms with Gasteiger partial charge in [0.1, 0.15) is 5.82 Å². The summed E-state index contributed by atoms with van der Waals surface area (Å²) < 4.78 is 9.88. The van der Waals surface area contributed by atoms with Crippen LogP contribution >= 0.6 is 0 Å². The summed E-state index contributed by atoms with van der Waals surface area (Å²) in [4.78, 5) is 7.43. The standard InChI is InChI=1S/C24H31N9O/c1-15-14-34-11-10-31(15)22-12-21(33-24(28-22)19(13-27-33)20-6-9-26-29-20)23-16(2)30-32(17(23)3)18-4-7-25-8-5-18/h6,9,12-13,15,18,25H,4-5,7-8,10-11,14H2,1-3H3,(H,26,29)/t15-/m1/s1. The van der Waals surface area contributed by atoms with Crippen molar-refractivity contribution < 1.29 is 4.74 Å². The quantitative estimate of drug-likeness (QED) is 0.482. The summed E-state index contributed by atoms with van der Waals surface area (Å²) in [5, 5.41) is 20.5. The average Bonchev–Trinajstić information content (AvgIpc) is 3.58. The number of anilines is 1. The van der Waals surface area contributed by atoms with E-state index >= 15 is 0 Å². The van der Waals surface area contributed by atoms with Gasteiger partial charge in [0.25, 0.3) is 0 Å². The zero-order valence-corrected chi connectivity index (χ0v) is 20.0. The van der Waals surface area contributed by atoms with Crippen LogP contribution in [0.3, 0.4) is 0 Å². The topological polar surface area (TPSA) is 101 Å². The van der Waals surface area contributed by atoms with Gasteiger partial charge in [0.05, 0.1) is 54.1 Å². The lowest BCUT2D eigenvalue weighted by atomic mass is 10.1. The third kappa shape index (κ3) is 3.48. The minimum absolute atomic E-state index is 0.245. The molecule has 0 saturated carbocycles. The van der Waals surface area contributed by atoms with Gasteiger partial charge >= 0.3 is 0 Å². The van der Waals surface area contributed by atoms with Gasteiger partial charge in [0.15, 0.2) is 5.65 Å². The smallest absolute Gasteiger partial charge is 0.167 e. The zero-order chi connectivity index (χ0) is 23.2. The molecule has 10 nitrogen and oxygen atoms in total. The molecule has 34 heavy (non-hydrogen) atoms. The first-order chi connectivity index (χ1) is 16.6. The average molecular weight is 462 g/mol. The number of aryl methyl sites for hydroxylation is 1. The number of hydrogen-bond acceptors (Lipinski definition) is 7. The van der Waals surface area contributed by atoms with Crippen molar-refractivity contribution in [2.75, 3.05) is 37.7 Å². The fraction of sp³-hybridized carbons (Fsp3) is 0.500. The van der Waals surface area contributed by atoms with Gasteiger partial charge in [0.2, 0.25) is 0 Å². The van der Waals surface area contributed by atoms with Gasteiger partial charge in [-0.15, -0.1) is 0 Å². The summed E-state index contributed by atoms with van der Waals surface area (Å²) in [7, 11) is 0. The highest BCUT2D eigenvalue weighted by Gasteiger charge is 2.27. The van der Waals surface area contributed by atoms with Crippen LogP contribution in [0.25, 0.3) is 28.2 Å². The first-order valence-corrected chi connectivity index (χ1v) is 12.1. The normalized spacial score (nSPS) is 19.9. The van der Waals surface area contributed by atoms with Crippen LogP contribution in [0.1, 0.15) is 37.2 Å². The molecule has 2 aliphatic heterocycles. The predicted octanol–water partition coefficient (Wildman–Crippen LogP) is 2.75. The molecule has 0 radical (unpaired) electrons. The fourth-order valence-corrected chi connectivity index (χ4v) is 5.38. The Labute approximate surface area is 198 Å². The summed E-state index contributed by atoms with van der Waals surface area (Å²) in [6, 6.07) is 4.79. The van der Waals surface area contributed by atoms with E-state index in [9.17, 15) is 0 Å². The molecule has 2 aliphatic rings. The largest absolute Gasteiger partial charge is 0.377 e. The molecule has 178 valence electrons. The molecular formula is C24H31N9O. The molecule has 0 spiro atoms. The molecule has 0 unspecified atom stereocenters. The number of ether oxygens (including phenoxy) is 1. The second kappa shape index (κ2) is 8.52. The van der Waals surface area contributed by atoms with E-state index in [1.54, 1.807) is 6.20 Å². The summed E-state index contributed by atoms with van der Waals surface area (Å²) in [5.74, 6) is 0.938. The predicted molar refractivity (Wildman–Crippen MR) is 130 cm³/mol. The molecule has 4 aromatic rings. The van der Waals surface area contributed by atoms with Gasteiger partial charge in [-0.1, -0.05) is 0 Å². The molecule has 2 fully saturated rings. The molecule has 0 aliphatic carbocycles. The fourth-order valence-electron chi connectivity index (χ4n) is 5.38. The Balaban J connectivity index is 1.55. The number of nitrogens with one attached hydrogen (secondary N) is 2. The van der Waals surface area contributed by atoms with Gasteiger partial charge in [-0.2, -0.15) is 15.3 Å². The van der Waals surface area contributed by atoms with E-state index in [0.29, 0.717) is 19.3 Å². The lowest BCUT2D eigenvalue weighted by Gasteiger charge is -2.34. The molecule has 6 heterocycles. The first-order valence-electron chi connectivity index (χ1n) is 12.1. The molecule has 6 rings (SSSR count). The monoisotopic (exact) mass is 461 g/mol. The van der Waals surface area contributed by atoms with Crippen molar-refractivity contribution in [1.29, 1.82) is 0 Å². The number of H-pyrrole nitrogens is 1. The number of nitrogens with zero attached hydrogens (tertiary/aromatic N) is 7. The van der Waals surface area contributed by atoms with Crippen LogP contribution in [-0.4, -0.2) is 73.5 Å². The van der Waals surface area contributed by atoms with E-state index in [0.717, 1.165) is 72.1 Å². The number of morpholine rings is 1. The number of aromatic amines is 1. The van der Waals surface area contributed by atoms with Gasteiger partial charge in [-0.05, 0) is 52.8 Å². The van der Waals surface area contributed by atoms with Crippen molar-refractivity contribution in [2.45, 2.75) is 45.7 Å². The van der Waals surface area contributed by atoms with Crippen molar-refractivity contribution in [1.82, 2.24) is 39.9 Å². The lowest BCUT2D eigenvalue weighted by molar-refractivity contribution is 0.0985. The summed E-state index contributed by atoms with van der Waals surface area (Å²) >= 11 is 0. The molecule has 0 amide bonds. The van der Waals surface area contributed by atoms with Gasteiger partial charge in [-0.3, -0.25) is 9.78 Å². The van der Waals surface area contributed by atoms with Gasteiger partial charge < -0.3 is 15.0 Å². The molecule has 10 heteroatoms. The Bertz CT molecular complexity index is 1300. The molecule has 2 saturated heterocycles. The summed E-state index contributed by atoms with van der Waals surface area (Å²) in [5.41, 5.74) is 6.98. The Morgan fingerprint density at radius 2 is 2.03 bits per heavy atom. The van der Waals surface area contributed by atoms with Crippen LogP contribution in [0.5, 0.6) is 0 Å². The van der Waals surface area contributed by atoms with Gasteiger partial charge in [0, 0.05) is 30.1 Å². The number of fused-ring (bicyclic) bond motifs is 1. The highest BCUT2D eigenvalue weighted by Crippen LogP contribution is 2.35. The van der Waals surface area contributed by atoms with Crippen molar-refractivity contribution >= 4 is 11.5 Å². The molecular weight excluding hydrogens is 430 g/mol. The third-order valence-corrected chi connectivity index (χ3v) is 7.15. The van der Waals surface area contributed by atoms with Crippen LogP contribution in [0.15, 0.2) is 24.5 Å². The number of piperidine rings is 1. The maximum Gasteiger partial charge on any atom is 0.167 e. The second-order valence-corrected chi connectivity index (χ2v) is 9.35. The van der Waals surface area contributed by atoms with E-state index < -0.39 is 0 Å². The highest BCUT2D eigenvalue weighted by atomic mass is 16.5. The van der Waals surface area contributed by atoms with Crippen molar-refractivity contribution in [3.8, 4) is 22.5 Å². The molecule has 0 bridgehead atoms. The van der Waals surface area contributed by atoms with Crippen molar-refractivity contribution in [3.05, 3.63) is 35.9 Å². The molecule has 0 aromatic carbocycles. The number of aromatic nitrogens is 7. The third-order valence-electron chi connectivity index (χ3n) is 7.15. The van der Waals surface area contributed by atoms with Crippen molar-refractivity contribution in [3.63, 3.8) is 0 Å². The van der Waals surface area contributed by atoms with Crippen LogP contribution < -0.4 is 10.2 Å². The Morgan fingerprint density at radius 3 is 2.79 bits per heavy atom. The second-order valence-electron chi connectivity index (χ2n) is 9.35. The van der Waals surface area contributed by atoms with Gasteiger partial charge in [-0.25, -0.2) is 9.50 Å². The van der Waals surface area contributed by atoms with E-state index in [-0.39, 0.29) is 6.04 Å². The number of hydrogen-bond donors (Lipinski definition) is 2. The summed E-state index contributed by atoms with van der Waals surface area (Å²) in [6.07, 6.45) is 5.81. The van der Waals surface area contributed by atoms with Crippen molar-refractivity contribution in [2.24, 2.45) is 0 Å². The molecule has 4 aromatic heterocycles. The Kier molecular flexibility index (Phi) is 5.34.